The summed E-state index contributed by atoms with van der Waals surface area (Å²) in [6.45, 7) is 0.248. The van der Waals surface area contributed by atoms with Crippen molar-refractivity contribution in [2.24, 2.45) is 0 Å². The van der Waals surface area contributed by atoms with Gasteiger partial charge >= 0.3 is 0 Å². The van der Waals surface area contributed by atoms with Gasteiger partial charge in [-0.05, 0) is 0 Å². The van der Waals surface area contributed by atoms with Gasteiger partial charge in [0, 0.05) is 0 Å². The van der Waals surface area contributed by atoms with Crippen LogP contribution in [0.4, 0.5) is 8.78 Å². The molecule has 0 spiro atoms. The normalized spacial score (nSPS) is 31.5. The second-order valence-electron chi connectivity index (χ2n) is 1.21. The SMILES string of the molecule is FC(F)[C@@H]1CO1. The van der Waals surface area contributed by atoms with Gasteiger partial charge in [0.15, 0.2) is 0 Å². The van der Waals surface area contributed by atoms with E-state index in [0.717, 1.165) is 0 Å². The van der Waals surface area contributed by atoms with Gasteiger partial charge in [0.1, 0.15) is 6.10 Å². The Balaban J connectivity index is 2.13. The molecule has 0 radical (unpaired) electrons. The number of hydrogen-bond acceptors (Lipinski definition) is 1. The lowest BCUT2D eigenvalue weighted by atomic mass is 10.5. The van der Waals surface area contributed by atoms with Crippen LogP contribution in [-0.2, 0) is 4.74 Å². The summed E-state index contributed by atoms with van der Waals surface area (Å²) in [5.41, 5.74) is 0. The van der Waals surface area contributed by atoms with Gasteiger partial charge in [-0.15, -0.1) is 0 Å². The number of hydrogen-bond donors (Lipinski definition) is 0. The number of alkyl halides is 2. The fourth-order valence-electron chi connectivity index (χ4n) is 0.201. The number of ether oxygens (including phenoxy) is 1. The Morgan fingerprint density at radius 1 is 1.67 bits per heavy atom. The van der Waals surface area contributed by atoms with E-state index < -0.39 is 12.5 Å². The van der Waals surface area contributed by atoms with E-state index >= 15 is 0 Å². The van der Waals surface area contributed by atoms with E-state index in [1.807, 2.05) is 0 Å². The lowest BCUT2D eigenvalue weighted by Crippen LogP contribution is -1.98. The molecule has 0 N–H and O–H groups in total. The lowest BCUT2D eigenvalue weighted by molar-refractivity contribution is 0.108. The fraction of sp³-hybridized carbons (Fsp3) is 1.00. The molecule has 1 fully saturated rings. The highest BCUT2D eigenvalue weighted by Crippen LogP contribution is 2.16. The highest BCUT2D eigenvalue weighted by atomic mass is 19.3. The molecule has 1 rings (SSSR count). The predicted octanol–water partition coefficient (Wildman–Crippen LogP) is 0.650. The molecule has 0 aromatic heterocycles. The van der Waals surface area contributed by atoms with Crippen molar-refractivity contribution in [1.29, 1.82) is 0 Å². The van der Waals surface area contributed by atoms with Crippen LogP contribution < -0.4 is 0 Å². The van der Waals surface area contributed by atoms with Crippen LogP contribution in [0.1, 0.15) is 0 Å². The summed E-state index contributed by atoms with van der Waals surface area (Å²) in [7, 11) is 0. The zero-order valence-corrected chi connectivity index (χ0v) is 3.03. The van der Waals surface area contributed by atoms with Crippen LogP contribution in [0, 0.1) is 0 Å². The summed E-state index contributed by atoms with van der Waals surface area (Å²) in [4.78, 5) is 0. The van der Waals surface area contributed by atoms with Crippen LogP contribution in [0.3, 0.4) is 0 Å². The molecule has 0 saturated carbocycles. The average Bonchev–Trinajstić information content (AvgIpc) is 2.06. The first kappa shape index (κ1) is 3.99. The van der Waals surface area contributed by atoms with Crippen LogP contribution in [0.2, 0.25) is 0 Å². The van der Waals surface area contributed by atoms with Crippen molar-refractivity contribution in [2.45, 2.75) is 12.5 Å². The molecule has 6 heavy (non-hydrogen) atoms. The van der Waals surface area contributed by atoms with Gasteiger partial charge in [-0.3, -0.25) is 0 Å². The highest BCUT2D eigenvalue weighted by Gasteiger charge is 2.32. The molecule has 0 aliphatic carbocycles. The smallest absolute Gasteiger partial charge is 0.266 e. The van der Waals surface area contributed by atoms with Crippen molar-refractivity contribution in [3.8, 4) is 0 Å². The molecule has 0 aromatic rings. The monoisotopic (exact) mass is 94.0 g/mol. The zero-order valence-electron chi connectivity index (χ0n) is 3.03. The molecule has 1 aliphatic heterocycles. The minimum atomic E-state index is -2.26. The van der Waals surface area contributed by atoms with E-state index in [4.69, 9.17) is 0 Å². The van der Waals surface area contributed by atoms with E-state index in [2.05, 4.69) is 4.74 Å². The molecular weight excluding hydrogens is 90.0 g/mol. The molecule has 1 saturated heterocycles. The van der Waals surface area contributed by atoms with Crippen molar-refractivity contribution in [3.05, 3.63) is 0 Å². The molecule has 1 aliphatic rings. The summed E-state index contributed by atoms with van der Waals surface area (Å²) in [5.74, 6) is 0. The molecule has 1 heterocycles. The van der Waals surface area contributed by atoms with Crippen molar-refractivity contribution in [3.63, 3.8) is 0 Å². The molecule has 1 atom stereocenters. The second kappa shape index (κ2) is 1.15. The Hall–Kier alpha value is -0.180. The van der Waals surface area contributed by atoms with Gasteiger partial charge in [0.2, 0.25) is 0 Å². The van der Waals surface area contributed by atoms with Gasteiger partial charge in [0.05, 0.1) is 6.61 Å². The topological polar surface area (TPSA) is 12.5 Å². The summed E-state index contributed by atoms with van der Waals surface area (Å²) in [6.07, 6.45) is -2.99. The predicted molar refractivity (Wildman–Crippen MR) is 15.7 cm³/mol. The van der Waals surface area contributed by atoms with Gasteiger partial charge in [-0.2, -0.15) is 0 Å². The molecule has 36 valence electrons. The summed E-state index contributed by atoms with van der Waals surface area (Å²) >= 11 is 0. The summed E-state index contributed by atoms with van der Waals surface area (Å²) < 4.78 is 26.4. The maximum absolute atomic E-state index is 11.1. The Kier molecular flexibility index (Phi) is 0.765. The Morgan fingerprint density at radius 2 is 2.17 bits per heavy atom. The van der Waals surface area contributed by atoms with Crippen molar-refractivity contribution in [1.82, 2.24) is 0 Å². The molecule has 1 nitrogen and oxygen atoms in total. The number of rotatable bonds is 1. The van der Waals surface area contributed by atoms with E-state index in [-0.39, 0.29) is 6.61 Å². The van der Waals surface area contributed by atoms with Crippen molar-refractivity contribution in [2.75, 3.05) is 6.61 Å². The number of halogens is 2. The highest BCUT2D eigenvalue weighted by molar-refractivity contribution is 4.70. The molecule has 0 unspecified atom stereocenters. The van der Waals surface area contributed by atoms with E-state index in [9.17, 15) is 8.78 Å². The lowest BCUT2D eigenvalue weighted by Gasteiger charge is -1.82. The summed E-state index contributed by atoms with van der Waals surface area (Å²) in [5, 5.41) is 0. The first-order valence-corrected chi connectivity index (χ1v) is 1.70. The van der Waals surface area contributed by atoms with E-state index in [1.165, 1.54) is 0 Å². The Labute approximate surface area is 33.9 Å². The molecule has 0 aromatic carbocycles. The third kappa shape index (κ3) is 0.653. The summed E-state index contributed by atoms with van der Waals surface area (Å²) in [6, 6.07) is 0. The largest absolute Gasteiger partial charge is 0.367 e. The molecule has 3 heteroatoms. The fourth-order valence-corrected chi connectivity index (χ4v) is 0.201. The van der Waals surface area contributed by atoms with Crippen LogP contribution in [0.25, 0.3) is 0 Å². The van der Waals surface area contributed by atoms with Crippen LogP contribution in [0.5, 0.6) is 0 Å². The molecule has 0 bridgehead atoms. The average molecular weight is 94.1 g/mol. The Bertz CT molecular complexity index is 50.8. The standard InChI is InChI=1S/C3H4F2O/c4-3(5)2-1-6-2/h2-3H,1H2/t2-/m0/s1. The van der Waals surface area contributed by atoms with Gasteiger partial charge in [-0.25, -0.2) is 8.78 Å². The van der Waals surface area contributed by atoms with Gasteiger partial charge < -0.3 is 4.74 Å². The van der Waals surface area contributed by atoms with Crippen LogP contribution in [-0.4, -0.2) is 19.1 Å². The van der Waals surface area contributed by atoms with Crippen LogP contribution in [0.15, 0.2) is 0 Å². The molecular formula is C3H4F2O. The zero-order chi connectivity index (χ0) is 4.57. The third-order valence-corrected chi connectivity index (χ3v) is 0.640. The van der Waals surface area contributed by atoms with Gasteiger partial charge in [-0.1, -0.05) is 0 Å². The first-order chi connectivity index (χ1) is 2.80. The maximum atomic E-state index is 11.1. The maximum Gasteiger partial charge on any atom is 0.266 e. The van der Waals surface area contributed by atoms with E-state index in [0.29, 0.717) is 0 Å². The second-order valence-corrected chi connectivity index (χ2v) is 1.21. The minimum absolute atomic E-state index is 0.248. The first-order valence-electron chi connectivity index (χ1n) is 1.70. The van der Waals surface area contributed by atoms with Crippen LogP contribution >= 0.6 is 0 Å². The number of epoxide rings is 1. The van der Waals surface area contributed by atoms with Crippen molar-refractivity contribution >= 4 is 0 Å². The van der Waals surface area contributed by atoms with Crippen molar-refractivity contribution < 1.29 is 13.5 Å². The quantitative estimate of drug-likeness (QED) is 0.434. The minimum Gasteiger partial charge on any atom is -0.367 e. The molecule has 0 amide bonds. The Morgan fingerprint density at radius 3 is 2.17 bits per heavy atom. The van der Waals surface area contributed by atoms with E-state index in [1.54, 1.807) is 0 Å². The third-order valence-electron chi connectivity index (χ3n) is 0.640. The van der Waals surface area contributed by atoms with Gasteiger partial charge in [0.25, 0.3) is 6.43 Å².